The Labute approximate surface area is 211 Å². The van der Waals surface area contributed by atoms with Gasteiger partial charge in [0.25, 0.3) is 11.7 Å². The Bertz CT molecular complexity index is 1320. The second kappa shape index (κ2) is 9.35. The smallest absolute Gasteiger partial charge is 0.300 e. The summed E-state index contributed by atoms with van der Waals surface area (Å²) >= 11 is 6.38. The molecule has 35 heavy (non-hydrogen) atoms. The summed E-state index contributed by atoms with van der Waals surface area (Å²) in [7, 11) is 0. The maximum Gasteiger partial charge on any atom is 0.300 e. The van der Waals surface area contributed by atoms with Gasteiger partial charge in [-0.05, 0) is 53.1 Å². The minimum Gasteiger partial charge on any atom is -0.507 e. The van der Waals surface area contributed by atoms with Gasteiger partial charge in [0.05, 0.1) is 11.6 Å². The third-order valence-electron chi connectivity index (χ3n) is 6.67. The highest BCUT2D eigenvalue weighted by Gasteiger charge is 2.47. The molecule has 0 aromatic heterocycles. The molecule has 0 bridgehead atoms. The quantitative estimate of drug-likeness (QED) is 0.242. The molecule has 4 nitrogen and oxygen atoms in total. The molecular weight excluding hydrogens is 458 g/mol. The summed E-state index contributed by atoms with van der Waals surface area (Å²) in [5.74, 6) is -1.59. The molecule has 1 heterocycles. The van der Waals surface area contributed by atoms with Crippen molar-refractivity contribution in [3.8, 4) is 0 Å². The highest BCUT2D eigenvalue weighted by atomic mass is 35.5. The van der Waals surface area contributed by atoms with Gasteiger partial charge < -0.3 is 5.11 Å². The number of anilines is 1. The van der Waals surface area contributed by atoms with E-state index in [2.05, 4.69) is 27.7 Å². The van der Waals surface area contributed by atoms with Gasteiger partial charge in [0.2, 0.25) is 0 Å². The summed E-state index contributed by atoms with van der Waals surface area (Å²) in [4.78, 5) is 28.3. The van der Waals surface area contributed by atoms with Gasteiger partial charge in [-0.15, -0.1) is 0 Å². The molecule has 1 aliphatic heterocycles. The van der Waals surface area contributed by atoms with Crippen LogP contribution < -0.4 is 4.90 Å². The Balaban J connectivity index is 1.94. The number of hydrogen-bond acceptors (Lipinski definition) is 3. The first-order valence-electron chi connectivity index (χ1n) is 11.8. The van der Waals surface area contributed by atoms with Crippen LogP contribution in [-0.2, 0) is 21.4 Å². The predicted molar refractivity (Wildman–Crippen MR) is 142 cm³/mol. The van der Waals surface area contributed by atoms with Crippen LogP contribution in [0, 0.1) is 6.92 Å². The fourth-order valence-corrected chi connectivity index (χ4v) is 4.64. The van der Waals surface area contributed by atoms with Crippen molar-refractivity contribution in [2.75, 3.05) is 4.90 Å². The van der Waals surface area contributed by atoms with E-state index in [1.165, 1.54) is 4.90 Å². The number of carbonyl (C=O) groups excluding carboxylic acids is 2. The zero-order chi connectivity index (χ0) is 25.5. The van der Waals surface area contributed by atoms with Crippen molar-refractivity contribution in [3.63, 3.8) is 0 Å². The molecule has 0 aliphatic carbocycles. The molecule has 1 aliphatic rings. The lowest BCUT2D eigenvalue weighted by Crippen LogP contribution is -2.30. The van der Waals surface area contributed by atoms with Gasteiger partial charge in [0.1, 0.15) is 5.76 Å². The first-order valence-corrected chi connectivity index (χ1v) is 12.2. The lowest BCUT2D eigenvalue weighted by molar-refractivity contribution is -0.132. The fourth-order valence-electron chi connectivity index (χ4n) is 4.47. The van der Waals surface area contributed by atoms with Crippen LogP contribution in [0.1, 0.15) is 61.6 Å². The molecule has 1 fully saturated rings. The first-order chi connectivity index (χ1) is 16.5. The lowest BCUT2D eigenvalue weighted by Gasteiger charge is -2.28. The molecule has 0 radical (unpaired) electrons. The van der Waals surface area contributed by atoms with Crippen LogP contribution in [0.25, 0.3) is 5.76 Å². The van der Waals surface area contributed by atoms with Crippen molar-refractivity contribution in [2.24, 2.45) is 0 Å². The molecule has 180 valence electrons. The van der Waals surface area contributed by atoms with Gasteiger partial charge in [-0.25, -0.2) is 0 Å². The Morgan fingerprint density at radius 2 is 1.60 bits per heavy atom. The largest absolute Gasteiger partial charge is 0.507 e. The highest BCUT2D eigenvalue weighted by molar-refractivity contribution is 6.52. The summed E-state index contributed by atoms with van der Waals surface area (Å²) in [5.41, 5.74) is 4.75. The monoisotopic (exact) mass is 487 g/mol. The maximum atomic E-state index is 13.4. The first kappa shape index (κ1) is 24.7. The Hall–Kier alpha value is -3.37. The van der Waals surface area contributed by atoms with Gasteiger partial charge in [-0.3, -0.25) is 14.5 Å². The number of aryl methyl sites for hydroxylation is 1. The van der Waals surface area contributed by atoms with E-state index in [4.69, 9.17) is 11.6 Å². The molecule has 1 unspecified atom stereocenters. The van der Waals surface area contributed by atoms with Crippen LogP contribution in [0.15, 0.2) is 72.3 Å². The number of benzene rings is 3. The second-order valence-corrected chi connectivity index (χ2v) is 10.4. The molecule has 0 saturated carbocycles. The number of halogens is 1. The summed E-state index contributed by atoms with van der Waals surface area (Å²) < 4.78 is 0. The van der Waals surface area contributed by atoms with Crippen LogP contribution in [0.5, 0.6) is 0 Å². The average molecular weight is 488 g/mol. The van der Waals surface area contributed by atoms with E-state index in [1.54, 1.807) is 30.3 Å². The summed E-state index contributed by atoms with van der Waals surface area (Å²) in [6.45, 7) is 10.3. The van der Waals surface area contributed by atoms with E-state index in [1.807, 2.05) is 43.3 Å². The average Bonchev–Trinajstić information content (AvgIpc) is 3.10. The van der Waals surface area contributed by atoms with Gasteiger partial charge in [0.15, 0.2) is 0 Å². The lowest BCUT2D eigenvalue weighted by atomic mass is 9.85. The number of carbonyl (C=O) groups is 2. The number of aliphatic hydroxyl groups excluding tert-OH is 1. The molecule has 4 rings (SSSR count). The number of hydrogen-bond donors (Lipinski definition) is 1. The molecule has 0 spiro atoms. The van der Waals surface area contributed by atoms with Gasteiger partial charge in [-0.2, -0.15) is 0 Å². The second-order valence-electron chi connectivity index (χ2n) is 9.98. The maximum absolute atomic E-state index is 13.4. The van der Waals surface area contributed by atoms with Crippen molar-refractivity contribution >= 4 is 34.7 Å². The number of amides is 1. The molecule has 1 saturated heterocycles. The minimum absolute atomic E-state index is 0.0507. The van der Waals surface area contributed by atoms with E-state index in [0.29, 0.717) is 21.8 Å². The molecule has 5 heteroatoms. The molecule has 3 aromatic carbocycles. The van der Waals surface area contributed by atoms with Crippen LogP contribution in [0.3, 0.4) is 0 Å². The summed E-state index contributed by atoms with van der Waals surface area (Å²) in [5, 5.41) is 11.8. The normalized spacial score (nSPS) is 17.8. The zero-order valence-corrected chi connectivity index (χ0v) is 21.5. The standard InChI is InChI=1S/C30H30ClNO3/c1-6-19-10-12-21(13-11-19)27(33)25-26(20-14-16-22(17-15-20)30(3,4)5)32(29(35)28(25)34)24-9-7-8-23(31)18(24)2/h7-17,26,33H,6H2,1-5H3/b27-25+. The van der Waals surface area contributed by atoms with Crippen molar-refractivity contribution in [3.05, 3.63) is 105 Å². The molecular formula is C30H30ClNO3. The number of aliphatic hydroxyl groups is 1. The minimum atomic E-state index is -0.785. The van der Waals surface area contributed by atoms with Crippen LogP contribution in [-0.4, -0.2) is 16.8 Å². The zero-order valence-electron chi connectivity index (χ0n) is 20.7. The van der Waals surface area contributed by atoms with E-state index in [0.717, 1.165) is 23.1 Å². The summed E-state index contributed by atoms with van der Waals surface area (Å²) in [6, 6.07) is 19.8. The molecule has 1 N–H and O–H groups in total. The van der Waals surface area contributed by atoms with Gasteiger partial charge in [-0.1, -0.05) is 93.9 Å². The highest BCUT2D eigenvalue weighted by Crippen LogP contribution is 2.44. The Morgan fingerprint density at radius 1 is 0.971 bits per heavy atom. The van der Waals surface area contributed by atoms with E-state index in [9.17, 15) is 14.7 Å². The van der Waals surface area contributed by atoms with Crippen molar-refractivity contribution in [1.82, 2.24) is 0 Å². The Morgan fingerprint density at radius 3 is 2.17 bits per heavy atom. The predicted octanol–water partition coefficient (Wildman–Crippen LogP) is 7.13. The van der Waals surface area contributed by atoms with Crippen LogP contribution in [0.4, 0.5) is 5.69 Å². The Kier molecular flexibility index (Phi) is 6.61. The van der Waals surface area contributed by atoms with Crippen molar-refractivity contribution in [2.45, 2.75) is 52.5 Å². The van der Waals surface area contributed by atoms with Crippen LogP contribution >= 0.6 is 11.6 Å². The third kappa shape index (κ3) is 4.51. The van der Waals surface area contributed by atoms with Gasteiger partial charge >= 0.3 is 0 Å². The van der Waals surface area contributed by atoms with E-state index in [-0.39, 0.29) is 16.7 Å². The third-order valence-corrected chi connectivity index (χ3v) is 7.08. The van der Waals surface area contributed by atoms with Gasteiger partial charge in [0, 0.05) is 16.3 Å². The molecule has 1 amide bonds. The summed E-state index contributed by atoms with van der Waals surface area (Å²) in [6.07, 6.45) is 0.861. The molecule has 3 aromatic rings. The topological polar surface area (TPSA) is 57.6 Å². The SMILES string of the molecule is CCc1ccc(/C(O)=C2\C(=O)C(=O)N(c3cccc(Cl)c3C)C2c2ccc(C(C)(C)C)cc2)cc1. The van der Waals surface area contributed by atoms with Crippen molar-refractivity contribution in [1.29, 1.82) is 0 Å². The number of Topliss-reactive ketones (excluding diaryl/α,β-unsaturated/α-hetero) is 1. The number of ketones is 1. The number of rotatable bonds is 4. The fraction of sp³-hybridized carbons (Fsp3) is 0.267. The van der Waals surface area contributed by atoms with E-state index >= 15 is 0 Å². The van der Waals surface area contributed by atoms with Crippen LogP contribution in [0.2, 0.25) is 5.02 Å². The van der Waals surface area contributed by atoms with Crippen molar-refractivity contribution < 1.29 is 14.7 Å². The van der Waals surface area contributed by atoms with E-state index < -0.39 is 17.7 Å². The number of nitrogens with zero attached hydrogens (tertiary/aromatic N) is 1. The molecule has 1 atom stereocenters.